The monoisotopic (exact) mass is 375 g/mol. The summed E-state index contributed by atoms with van der Waals surface area (Å²) in [5.74, 6) is 0.676. The third kappa shape index (κ3) is 3.39. The van der Waals surface area contributed by atoms with Crippen LogP contribution in [0.3, 0.4) is 0 Å². The summed E-state index contributed by atoms with van der Waals surface area (Å²) in [5, 5.41) is 7.06. The van der Waals surface area contributed by atoms with E-state index in [0.717, 1.165) is 27.9 Å². The summed E-state index contributed by atoms with van der Waals surface area (Å²) in [6, 6.07) is 21.6. The van der Waals surface area contributed by atoms with Gasteiger partial charge in [-0.05, 0) is 35.7 Å². The molecule has 0 aliphatic carbocycles. The third-order valence-electron chi connectivity index (χ3n) is 4.16. The molecule has 0 N–H and O–H groups in total. The molecule has 0 atom stereocenters. The summed E-state index contributed by atoms with van der Waals surface area (Å²) in [6.45, 7) is 1.51. The third-order valence-corrected chi connectivity index (χ3v) is 5.17. The average molecular weight is 375 g/mol. The van der Waals surface area contributed by atoms with Gasteiger partial charge in [0, 0.05) is 12.3 Å². The number of fused-ring (bicyclic) bond motifs is 1. The van der Waals surface area contributed by atoms with Crippen molar-refractivity contribution < 1.29 is 9.53 Å². The van der Waals surface area contributed by atoms with Crippen molar-refractivity contribution in [1.29, 1.82) is 0 Å². The van der Waals surface area contributed by atoms with Crippen LogP contribution in [0.2, 0.25) is 0 Å². The number of ketones is 1. The summed E-state index contributed by atoms with van der Waals surface area (Å²) in [7, 11) is 1.63. The maximum Gasteiger partial charge on any atom is 0.213 e. The Bertz CT molecular complexity index is 1180. The van der Waals surface area contributed by atoms with Gasteiger partial charge in [-0.2, -0.15) is 5.10 Å². The van der Waals surface area contributed by atoms with Gasteiger partial charge in [-0.3, -0.25) is 4.79 Å². The van der Waals surface area contributed by atoms with Gasteiger partial charge in [0.25, 0.3) is 0 Å². The number of Topliss-reactive ketones (excluding diaryl/α,β-unsaturated/α-hetero) is 1. The number of nitrogens with zero attached hydrogens (tertiary/aromatic N) is 3. The number of rotatable bonds is 4. The summed E-state index contributed by atoms with van der Waals surface area (Å²) in [5.41, 5.74) is 1.66. The number of hydrogen-bond acceptors (Lipinski definition) is 5. The summed E-state index contributed by atoms with van der Waals surface area (Å²) >= 11 is 1.28. The second-order valence-corrected chi connectivity index (χ2v) is 6.92. The quantitative estimate of drug-likeness (QED) is 0.493. The van der Waals surface area contributed by atoms with E-state index >= 15 is 0 Å². The Hall–Kier alpha value is -3.25. The van der Waals surface area contributed by atoms with Crippen LogP contribution in [0.15, 0.2) is 71.7 Å². The molecule has 0 aliphatic heterocycles. The standard InChI is InChI=1S/C21H17N3O2S/c1-14(25)20-23-24(16-10-12-17(26-2)13-11-16)21(27-20)22-19-9-5-7-15-6-3-4-8-18(15)19/h3-13H,1-2H3. The van der Waals surface area contributed by atoms with E-state index in [9.17, 15) is 4.79 Å². The van der Waals surface area contributed by atoms with Gasteiger partial charge in [0.1, 0.15) is 5.75 Å². The first-order valence-corrected chi connectivity index (χ1v) is 9.25. The van der Waals surface area contributed by atoms with E-state index in [-0.39, 0.29) is 5.78 Å². The van der Waals surface area contributed by atoms with Crippen LogP contribution >= 0.6 is 11.3 Å². The first kappa shape index (κ1) is 17.2. The van der Waals surface area contributed by atoms with Crippen molar-refractivity contribution in [3.05, 3.63) is 76.5 Å². The predicted octanol–water partition coefficient (Wildman–Crippen LogP) is 4.53. The van der Waals surface area contributed by atoms with Crippen molar-refractivity contribution in [2.75, 3.05) is 7.11 Å². The lowest BCUT2D eigenvalue weighted by Crippen LogP contribution is -2.14. The highest BCUT2D eigenvalue weighted by Gasteiger charge is 2.11. The van der Waals surface area contributed by atoms with Crippen molar-refractivity contribution in [2.45, 2.75) is 6.92 Å². The normalized spacial score (nSPS) is 11.7. The minimum Gasteiger partial charge on any atom is -0.497 e. The molecular weight excluding hydrogens is 358 g/mol. The molecule has 0 saturated heterocycles. The molecule has 0 bridgehead atoms. The molecular formula is C21H17N3O2S. The van der Waals surface area contributed by atoms with E-state index < -0.39 is 0 Å². The topological polar surface area (TPSA) is 56.5 Å². The van der Waals surface area contributed by atoms with Gasteiger partial charge in [0.05, 0.1) is 18.5 Å². The van der Waals surface area contributed by atoms with Crippen LogP contribution in [-0.4, -0.2) is 22.7 Å². The Morgan fingerprint density at radius 3 is 2.52 bits per heavy atom. The SMILES string of the molecule is COc1ccc(-n2nc(C(C)=O)sc2=Nc2cccc3ccccc23)cc1. The van der Waals surface area contributed by atoms with Crippen molar-refractivity contribution >= 4 is 33.6 Å². The zero-order chi connectivity index (χ0) is 18.8. The second-order valence-electron chi connectivity index (χ2n) is 5.97. The lowest BCUT2D eigenvalue weighted by Gasteiger charge is -2.04. The first-order chi connectivity index (χ1) is 13.2. The zero-order valence-electron chi connectivity index (χ0n) is 14.9. The van der Waals surface area contributed by atoms with Gasteiger partial charge >= 0.3 is 0 Å². The summed E-state index contributed by atoms with van der Waals surface area (Å²) in [6.07, 6.45) is 0. The number of carbonyl (C=O) groups is 1. The van der Waals surface area contributed by atoms with E-state index in [1.54, 1.807) is 11.8 Å². The molecule has 27 heavy (non-hydrogen) atoms. The van der Waals surface area contributed by atoms with Crippen LogP contribution in [0.1, 0.15) is 16.7 Å². The van der Waals surface area contributed by atoms with Gasteiger partial charge < -0.3 is 4.74 Å². The van der Waals surface area contributed by atoms with Crippen LogP contribution in [0.4, 0.5) is 5.69 Å². The molecule has 0 spiro atoms. The second kappa shape index (κ2) is 7.17. The van der Waals surface area contributed by atoms with E-state index in [0.29, 0.717) is 9.81 Å². The Balaban J connectivity index is 1.93. The van der Waals surface area contributed by atoms with Gasteiger partial charge in [-0.1, -0.05) is 47.7 Å². The molecule has 0 unspecified atom stereocenters. The van der Waals surface area contributed by atoms with Crippen molar-refractivity contribution in [3.63, 3.8) is 0 Å². The average Bonchev–Trinajstić information content (AvgIpc) is 3.12. The lowest BCUT2D eigenvalue weighted by molar-refractivity contribution is 0.101. The van der Waals surface area contributed by atoms with E-state index in [4.69, 9.17) is 9.73 Å². The molecule has 4 aromatic rings. The molecule has 134 valence electrons. The molecule has 3 aromatic carbocycles. The van der Waals surface area contributed by atoms with Crippen molar-refractivity contribution in [2.24, 2.45) is 4.99 Å². The molecule has 0 fully saturated rings. The molecule has 0 radical (unpaired) electrons. The molecule has 1 heterocycles. The maximum atomic E-state index is 11.9. The number of ether oxygens (including phenoxy) is 1. The Kier molecular flexibility index (Phi) is 4.56. The zero-order valence-corrected chi connectivity index (χ0v) is 15.7. The predicted molar refractivity (Wildman–Crippen MR) is 107 cm³/mol. The molecule has 6 heteroatoms. The fraction of sp³-hybridized carbons (Fsp3) is 0.0952. The van der Waals surface area contributed by atoms with Crippen LogP contribution in [0.25, 0.3) is 16.5 Å². The van der Waals surface area contributed by atoms with Crippen LogP contribution in [0, 0.1) is 0 Å². The van der Waals surface area contributed by atoms with Crippen LogP contribution in [-0.2, 0) is 0 Å². The molecule has 0 aliphatic rings. The lowest BCUT2D eigenvalue weighted by atomic mass is 10.1. The fourth-order valence-electron chi connectivity index (χ4n) is 2.80. The fourth-order valence-corrected chi connectivity index (χ4v) is 3.61. The smallest absolute Gasteiger partial charge is 0.213 e. The number of carbonyl (C=O) groups excluding carboxylic acids is 1. The van der Waals surface area contributed by atoms with E-state index in [1.165, 1.54) is 18.3 Å². The molecule has 1 aromatic heterocycles. The summed E-state index contributed by atoms with van der Waals surface area (Å²) in [4.78, 5) is 17.3. The van der Waals surface area contributed by atoms with Gasteiger partial charge in [-0.25, -0.2) is 9.67 Å². The number of benzene rings is 3. The Morgan fingerprint density at radius 1 is 1.04 bits per heavy atom. The highest BCUT2D eigenvalue weighted by Crippen LogP contribution is 2.25. The van der Waals surface area contributed by atoms with Crippen LogP contribution in [0.5, 0.6) is 5.75 Å². The molecule has 0 saturated carbocycles. The molecule has 0 amide bonds. The van der Waals surface area contributed by atoms with Crippen LogP contribution < -0.4 is 9.54 Å². The number of hydrogen-bond donors (Lipinski definition) is 0. The maximum absolute atomic E-state index is 11.9. The Morgan fingerprint density at radius 2 is 1.78 bits per heavy atom. The first-order valence-electron chi connectivity index (χ1n) is 8.44. The van der Waals surface area contributed by atoms with Crippen molar-refractivity contribution in [1.82, 2.24) is 9.78 Å². The van der Waals surface area contributed by atoms with Crippen molar-refractivity contribution in [3.8, 4) is 11.4 Å². The van der Waals surface area contributed by atoms with Gasteiger partial charge in [-0.15, -0.1) is 0 Å². The summed E-state index contributed by atoms with van der Waals surface area (Å²) < 4.78 is 6.91. The van der Waals surface area contributed by atoms with Gasteiger partial charge in [0.2, 0.25) is 4.80 Å². The minimum absolute atomic E-state index is 0.0818. The molecule has 4 rings (SSSR count). The number of methoxy groups -OCH3 is 1. The largest absolute Gasteiger partial charge is 0.497 e. The van der Waals surface area contributed by atoms with Gasteiger partial charge in [0.15, 0.2) is 10.8 Å². The highest BCUT2D eigenvalue weighted by molar-refractivity contribution is 7.11. The van der Waals surface area contributed by atoms with E-state index in [2.05, 4.69) is 17.2 Å². The van der Waals surface area contributed by atoms with E-state index in [1.807, 2.05) is 54.6 Å². The number of aromatic nitrogens is 2. The molecule has 5 nitrogen and oxygen atoms in total. The highest BCUT2D eigenvalue weighted by atomic mass is 32.1. The Labute approximate surface area is 160 Å². The minimum atomic E-state index is -0.0818.